The van der Waals surface area contributed by atoms with Crippen LogP contribution < -0.4 is 4.74 Å². The summed E-state index contributed by atoms with van der Waals surface area (Å²) in [7, 11) is 1.65. The fraction of sp³-hybridized carbons (Fsp3) is 0.133. The Kier molecular flexibility index (Phi) is 2.87. The minimum absolute atomic E-state index is 0.300. The molecule has 0 amide bonds. The summed E-state index contributed by atoms with van der Waals surface area (Å²) >= 11 is 1.55. The SMILES string of the molecule is COc1ccc2nc(-c3cccc(C)c3O)sc2c1. The van der Waals surface area contributed by atoms with E-state index < -0.39 is 0 Å². The van der Waals surface area contributed by atoms with Crippen LogP contribution in [0.3, 0.4) is 0 Å². The Hall–Kier alpha value is -2.07. The number of fused-ring (bicyclic) bond motifs is 1. The number of nitrogens with zero attached hydrogens (tertiary/aromatic N) is 1. The molecular weight excluding hydrogens is 258 g/mol. The van der Waals surface area contributed by atoms with Gasteiger partial charge in [-0.15, -0.1) is 11.3 Å². The Balaban J connectivity index is 2.18. The van der Waals surface area contributed by atoms with Gasteiger partial charge in [0.1, 0.15) is 16.5 Å². The quantitative estimate of drug-likeness (QED) is 0.766. The first-order chi connectivity index (χ1) is 9.19. The monoisotopic (exact) mass is 271 g/mol. The molecule has 1 aromatic heterocycles. The summed E-state index contributed by atoms with van der Waals surface area (Å²) in [5.74, 6) is 1.12. The lowest BCUT2D eigenvalue weighted by Crippen LogP contribution is -1.81. The van der Waals surface area contributed by atoms with E-state index in [1.54, 1.807) is 18.4 Å². The van der Waals surface area contributed by atoms with Crippen LogP contribution in [-0.4, -0.2) is 17.2 Å². The van der Waals surface area contributed by atoms with E-state index in [0.29, 0.717) is 5.75 Å². The molecule has 0 aliphatic rings. The molecule has 3 rings (SSSR count). The number of aryl methyl sites for hydroxylation is 1. The topological polar surface area (TPSA) is 42.4 Å². The first-order valence-corrected chi connectivity index (χ1v) is 6.74. The van der Waals surface area contributed by atoms with Gasteiger partial charge in [0.15, 0.2) is 0 Å². The van der Waals surface area contributed by atoms with Gasteiger partial charge in [0.05, 0.1) is 22.9 Å². The number of rotatable bonds is 2. The van der Waals surface area contributed by atoms with Gasteiger partial charge in [0.2, 0.25) is 0 Å². The second-order valence-electron chi connectivity index (χ2n) is 4.32. The highest BCUT2D eigenvalue weighted by Crippen LogP contribution is 2.37. The Morgan fingerprint density at radius 2 is 2.05 bits per heavy atom. The number of thiazole rings is 1. The molecular formula is C15H13NO2S. The highest BCUT2D eigenvalue weighted by molar-refractivity contribution is 7.21. The third-order valence-electron chi connectivity index (χ3n) is 3.06. The normalized spacial score (nSPS) is 10.8. The molecule has 0 radical (unpaired) electrons. The lowest BCUT2D eigenvalue weighted by molar-refractivity contribution is 0.415. The predicted octanol–water partition coefficient (Wildman–Crippen LogP) is 3.99. The van der Waals surface area contributed by atoms with Crippen molar-refractivity contribution >= 4 is 21.6 Å². The summed E-state index contributed by atoms with van der Waals surface area (Å²) in [6.45, 7) is 1.88. The van der Waals surface area contributed by atoms with Crippen LogP contribution in [0.1, 0.15) is 5.56 Å². The van der Waals surface area contributed by atoms with E-state index in [1.165, 1.54) is 0 Å². The van der Waals surface area contributed by atoms with E-state index in [0.717, 1.165) is 32.1 Å². The summed E-state index contributed by atoms with van der Waals surface area (Å²) in [4.78, 5) is 4.56. The number of para-hydroxylation sites is 1. The zero-order valence-corrected chi connectivity index (χ0v) is 11.5. The Labute approximate surface area is 115 Å². The van der Waals surface area contributed by atoms with Crippen molar-refractivity contribution in [2.24, 2.45) is 0 Å². The van der Waals surface area contributed by atoms with Crippen molar-refractivity contribution in [1.82, 2.24) is 4.98 Å². The first-order valence-electron chi connectivity index (χ1n) is 5.92. The van der Waals surface area contributed by atoms with Crippen molar-refractivity contribution < 1.29 is 9.84 Å². The average molecular weight is 271 g/mol. The molecule has 4 heteroatoms. The maximum absolute atomic E-state index is 10.1. The van der Waals surface area contributed by atoms with E-state index in [-0.39, 0.29) is 0 Å². The van der Waals surface area contributed by atoms with Crippen molar-refractivity contribution in [3.05, 3.63) is 42.0 Å². The van der Waals surface area contributed by atoms with Gasteiger partial charge in [0, 0.05) is 0 Å². The maximum atomic E-state index is 10.1. The van der Waals surface area contributed by atoms with E-state index in [1.807, 2.05) is 43.3 Å². The number of benzene rings is 2. The van der Waals surface area contributed by atoms with Crippen LogP contribution in [0.15, 0.2) is 36.4 Å². The van der Waals surface area contributed by atoms with Crippen LogP contribution in [-0.2, 0) is 0 Å². The lowest BCUT2D eigenvalue weighted by atomic mass is 10.1. The summed E-state index contributed by atoms with van der Waals surface area (Å²) < 4.78 is 6.26. The van der Waals surface area contributed by atoms with Crippen LogP contribution in [0.4, 0.5) is 0 Å². The zero-order valence-electron chi connectivity index (χ0n) is 10.7. The Morgan fingerprint density at radius 1 is 1.21 bits per heavy atom. The molecule has 1 heterocycles. The van der Waals surface area contributed by atoms with Gasteiger partial charge in [-0.05, 0) is 36.8 Å². The predicted molar refractivity (Wildman–Crippen MR) is 78.0 cm³/mol. The number of aromatic hydroxyl groups is 1. The highest BCUT2D eigenvalue weighted by Gasteiger charge is 2.11. The molecule has 3 aromatic rings. The molecule has 0 aliphatic heterocycles. The molecule has 19 heavy (non-hydrogen) atoms. The van der Waals surface area contributed by atoms with Crippen molar-refractivity contribution in [2.45, 2.75) is 6.92 Å². The van der Waals surface area contributed by atoms with Crippen LogP contribution >= 0.6 is 11.3 Å². The molecule has 0 bridgehead atoms. The van der Waals surface area contributed by atoms with Gasteiger partial charge in [0.25, 0.3) is 0 Å². The molecule has 96 valence electrons. The number of hydrogen-bond donors (Lipinski definition) is 1. The van der Waals surface area contributed by atoms with Crippen LogP contribution in [0.25, 0.3) is 20.8 Å². The van der Waals surface area contributed by atoms with Crippen LogP contribution in [0.5, 0.6) is 11.5 Å². The van der Waals surface area contributed by atoms with Crippen molar-refractivity contribution in [3.8, 4) is 22.1 Å². The molecule has 0 aliphatic carbocycles. The van der Waals surface area contributed by atoms with Crippen LogP contribution in [0, 0.1) is 6.92 Å². The van der Waals surface area contributed by atoms with E-state index in [2.05, 4.69) is 4.98 Å². The molecule has 0 fully saturated rings. The summed E-state index contributed by atoms with van der Waals surface area (Å²) in [6.07, 6.45) is 0. The number of methoxy groups -OCH3 is 1. The van der Waals surface area contributed by atoms with E-state index >= 15 is 0 Å². The van der Waals surface area contributed by atoms with Crippen LogP contribution in [0.2, 0.25) is 0 Å². The van der Waals surface area contributed by atoms with Gasteiger partial charge >= 0.3 is 0 Å². The van der Waals surface area contributed by atoms with E-state index in [9.17, 15) is 5.11 Å². The maximum Gasteiger partial charge on any atom is 0.128 e. The zero-order chi connectivity index (χ0) is 13.4. The van der Waals surface area contributed by atoms with Gasteiger partial charge < -0.3 is 9.84 Å². The molecule has 0 saturated heterocycles. The number of ether oxygens (including phenoxy) is 1. The van der Waals surface area contributed by atoms with E-state index in [4.69, 9.17) is 4.74 Å². The molecule has 3 nitrogen and oxygen atoms in total. The second-order valence-corrected chi connectivity index (χ2v) is 5.35. The minimum atomic E-state index is 0.300. The highest BCUT2D eigenvalue weighted by atomic mass is 32.1. The summed E-state index contributed by atoms with van der Waals surface area (Å²) in [6, 6.07) is 11.5. The third kappa shape index (κ3) is 2.04. The first kappa shape index (κ1) is 12.0. The molecule has 0 spiro atoms. The van der Waals surface area contributed by atoms with Crippen molar-refractivity contribution in [2.75, 3.05) is 7.11 Å². The van der Waals surface area contributed by atoms with Gasteiger partial charge in [-0.2, -0.15) is 0 Å². The second kappa shape index (κ2) is 4.55. The number of hydrogen-bond acceptors (Lipinski definition) is 4. The van der Waals surface area contributed by atoms with Crippen molar-refractivity contribution in [3.63, 3.8) is 0 Å². The van der Waals surface area contributed by atoms with Gasteiger partial charge in [-0.1, -0.05) is 12.1 Å². The Bertz CT molecular complexity index is 749. The molecule has 2 aromatic carbocycles. The number of phenolic OH excluding ortho intramolecular Hbond substituents is 1. The lowest BCUT2D eigenvalue weighted by Gasteiger charge is -2.02. The summed E-state index contributed by atoms with van der Waals surface area (Å²) in [5, 5.41) is 10.9. The fourth-order valence-corrected chi connectivity index (χ4v) is 3.00. The summed E-state index contributed by atoms with van der Waals surface area (Å²) in [5.41, 5.74) is 2.55. The largest absolute Gasteiger partial charge is 0.507 e. The molecule has 1 N–H and O–H groups in total. The smallest absolute Gasteiger partial charge is 0.128 e. The Morgan fingerprint density at radius 3 is 2.84 bits per heavy atom. The van der Waals surface area contributed by atoms with Gasteiger partial charge in [-0.3, -0.25) is 0 Å². The molecule has 0 saturated carbocycles. The minimum Gasteiger partial charge on any atom is -0.507 e. The van der Waals surface area contributed by atoms with Gasteiger partial charge in [-0.25, -0.2) is 4.98 Å². The fourth-order valence-electron chi connectivity index (χ4n) is 1.98. The van der Waals surface area contributed by atoms with Crippen molar-refractivity contribution in [1.29, 1.82) is 0 Å². The number of aromatic nitrogens is 1. The molecule has 0 atom stereocenters. The average Bonchev–Trinajstić information content (AvgIpc) is 2.84. The standard InChI is InChI=1S/C15H13NO2S/c1-9-4-3-5-11(14(9)17)15-16-12-7-6-10(18-2)8-13(12)19-15/h3-8,17H,1-2H3. The third-order valence-corrected chi connectivity index (χ3v) is 4.12. The number of phenols is 1. The molecule has 0 unspecified atom stereocenters.